The Morgan fingerprint density at radius 1 is 1.05 bits per heavy atom. The Balaban J connectivity index is 2.98. The van der Waals surface area contributed by atoms with Gasteiger partial charge in [0.15, 0.2) is 11.5 Å². The van der Waals surface area contributed by atoms with Crippen LogP contribution in [0.1, 0.15) is 10.4 Å². The Hall–Kier alpha value is -2.15. The van der Waals surface area contributed by atoms with E-state index in [2.05, 4.69) is 15.9 Å². The Kier molecular flexibility index (Phi) is 4.65. The molecule has 22 heavy (non-hydrogen) atoms. The van der Waals surface area contributed by atoms with E-state index in [1.807, 2.05) is 0 Å². The van der Waals surface area contributed by atoms with E-state index in [-0.39, 0.29) is 17.1 Å². The summed E-state index contributed by atoms with van der Waals surface area (Å²) >= 11 is 3.41. The number of halogens is 1. The maximum absolute atomic E-state index is 11.9. The van der Waals surface area contributed by atoms with Gasteiger partial charge in [-0.05, 0) is 22.0 Å². The van der Waals surface area contributed by atoms with E-state index >= 15 is 0 Å². The van der Waals surface area contributed by atoms with E-state index in [0.29, 0.717) is 26.7 Å². The van der Waals surface area contributed by atoms with Crippen LogP contribution in [0, 0.1) is 0 Å². The number of hydrogen-bond donors (Lipinski definition) is 1. The summed E-state index contributed by atoms with van der Waals surface area (Å²) in [5.41, 5.74) is 0.103. The standard InChI is InChI=1S/C15H15BrO6/c1-19-9-6-10(20-2)12(16)7-5-8(15(18)22-4)14(21-3)13(17)11(7)9/h5-6,17H,1-4H3. The molecule has 1 N–H and O–H groups in total. The van der Waals surface area contributed by atoms with Crippen LogP contribution in [0.4, 0.5) is 0 Å². The zero-order chi connectivity index (χ0) is 16.4. The summed E-state index contributed by atoms with van der Waals surface area (Å²) in [6.45, 7) is 0. The summed E-state index contributed by atoms with van der Waals surface area (Å²) in [5, 5.41) is 11.4. The van der Waals surface area contributed by atoms with Crippen LogP contribution in [0.2, 0.25) is 0 Å². The Labute approximate surface area is 135 Å². The molecule has 2 aromatic rings. The number of fused-ring (bicyclic) bond motifs is 1. The summed E-state index contributed by atoms with van der Waals surface area (Å²) in [7, 11) is 5.60. The van der Waals surface area contributed by atoms with Crippen molar-refractivity contribution >= 4 is 32.7 Å². The Morgan fingerprint density at radius 3 is 2.18 bits per heavy atom. The second-order valence-electron chi connectivity index (χ2n) is 4.32. The third kappa shape index (κ3) is 2.41. The lowest BCUT2D eigenvalue weighted by atomic mass is 10.0. The molecule has 0 saturated heterocycles. The Bertz CT molecular complexity index is 741. The quantitative estimate of drug-likeness (QED) is 0.833. The number of aromatic hydroxyl groups is 1. The van der Waals surface area contributed by atoms with Gasteiger partial charge in [0.2, 0.25) is 0 Å². The molecule has 6 nitrogen and oxygen atoms in total. The highest BCUT2D eigenvalue weighted by Crippen LogP contribution is 2.48. The van der Waals surface area contributed by atoms with Crippen molar-refractivity contribution in [2.75, 3.05) is 28.4 Å². The normalized spacial score (nSPS) is 10.4. The zero-order valence-corrected chi connectivity index (χ0v) is 14.1. The van der Waals surface area contributed by atoms with Crippen LogP contribution in [0.15, 0.2) is 16.6 Å². The lowest BCUT2D eigenvalue weighted by Gasteiger charge is -2.16. The molecule has 0 fully saturated rings. The van der Waals surface area contributed by atoms with Crippen LogP contribution in [0.5, 0.6) is 23.0 Å². The minimum Gasteiger partial charge on any atom is -0.504 e. The Morgan fingerprint density at radius 2 is 1.68 bits per heavy atom. The third-order valence-electron chi connectivity index (χ3n) is 3.27. The molecule has 0 saturated carbocycles. The fourth-order valence-corrected chi connectivity index (χ4v) is 2.83. The monoisotopic (exact) mass is 370 g/mol. The van der Waals surface area contributed by atoms with Crippen LogP contribution >= 0.6 is 15.9 Å². The minimum absolute atomic E-state index is 0.0229. The largest absolute Gasteiger partial charge is 0.504 e. The number of methoxy groups -OCH3 is 4. The smallest absolute Gasteiger partial charge is 0.341 e. The van der Waals surface area contributed by atoms with Crippen molar-refractivity contribution in [3.8, 4) is 23.0 Å². The van der Waals surface area contributed by atoms with Crippen molar-refractivity contribution in [3.63, 3.8) is 0 Å². The van der Waals surface area contributed by atoms with Crippen molar-refractivity contribution < 1.29 is 28.8 Å². The molecule has 0 atom stereocenters. The van der Waals surface area contributed by atoms with E-state index in [4.69, 9.17) is 18.9 Å². The summed E-state index contributed by atoms with van der Waals surface area (Å²) in [4.78, 5) is 11.9. The molecule has 118 valence electrons. The number of phenols is 1. The van der Waals surface area contributed by atoms with E-state index in [1.54, 1.807) is 12.1 Å². The molecule has 0 unspecified atom stereocenters. The van der Waals surface area contributed by atoms with Crippen molar-refractivity contribution in [1.29, 1.82) is 0 Å². The van der Waals surface area contributed by atoms with Gasteiger partial charge in [0, 0.05) is 11.5 Å². The van der Waals surface area contributed by atoms with Gasteiger partial charge in [-0.15, -0.1) is 0 Å². The number of rotatable bonds is 4. The number of esters is 1. The molecule has 7 heteroatoms. The highest BCUT2D eigenvalue weighted by atomic mass is 79.9. The number of benzene rings is 2. The van der Waals surface area contributed by atoms with Crippen LogP contribution in [-0.4, -0.2) is 39.5 Å². The molecule has 0 aliphatic heterocycles. The highest BCUT2D eigenvalue weighted by Gasteiger charge is 2.24. The summed E-state index contributed by atoms with van der Waals surface area (Å²) in [6.07, 6.45) is 0. The molecule has 2 rings (SSSR count). The fraction of sp³-hybridized carbons (Fsp3) is 0.267. The second-order valence-corrected chi connectivity index (χ2v) is 5.11. The van der Waals surface area contributed by atoms with Crippen molar-refractivity contribution in [1.82, 2.24) is 0 Å². The van der Waals surface area contributed by atoms with Gasteiger partial charge < -0.3 is 24.1 Å². The summed E-state index contributed by atoms with van der Waals surface area (Å²) in [6, 6.07) is 3.18. The van der Waals surface area contributed by atoms with E-state index in [1.165, 1.54) is 28.4 Å². The molecule has 0 radical (unpaired) electrons. The van der Waals surface area contributed by atoms with Crippen molar-refractivity contribution in [3.05, 3.63) is 22.2 Å². The van der Waals surface area contributed by atoms with Gasteiger partial charge in [-0.1, -0.05) is 0 Å². The second kappa shape index (κ2) is 6.31. The third-order valence-corrected chi connectivity index (χ3v) is 4.08. The van der Waals surface area contributed by atoms with Crippen LogP contribution < -0.4 is 14.2 Å². The molecule has 0 aliphatic carbocycles. The lowest BCUT2D eigenvalue weighted by molar-refractivity contribution is 0.0596. The van der Waals surface area contributed by atoms with Gasteiger partial charge in [0.25, 0.3) is 0 Å². The molecule has 2 aromatic carbocycles. The van der Waals surface area contributed by atoms with Crippen LogP contribution in [0.3, 0.4) is 0 Å². The number of carbonyl (C=O) groups is 1. The fourth-order valence-electron chi connectivity index (χ4n) is 2.24. The number of ether oxygens (including phenoxy) is 4. The van der Waals surface area contributed by atoms with Gasteiger partial charge in [-0.3, -0.25) is 0 Å². The van der Waals surface area contributed by atoms with E-state index < -0.39 is 5.97 Å². The first-order valence-electron chi connectivity index (χ1n) is 6.22. The number of phenolic OH excluding ortho intramolecular Hbond substituents is 1. The first kappa shape index (κ1) is 16.2. The van der Waals surface area contributed by atoms with Gasteiger partial charge in [-0.2, -0.15) is 0 Å². The molecule has 0 aromatic heterocycles. The molecular formula is C15H15BrO6. The molecule has 0 amide bonds. The predicted molar refractivity (Wildman–Crippen MR) is 84.3 cm³/mol. The molecule has 0 heterocycles. The average molecular weight is 371 g/mol. The van der Waals surface area contributed by atoms with Gasteiger partial charge in [0.1, 0.15) is 17.1 Å². The molecular weight excluding hydrogens is 356 g/mol. The van der Waals surface area contributed by atoms with Gasteiger partial charge in [0.05, 0.1) is 38.3 Å². The lowest BCUT2D eigenvalue weighted by Crippen LogP contribution is -2.05. The molecule has 0 aliphatic rings. The maximum atomic E-state index is 11.9. The SMILES string of the molecule is COC(=O)c1cc2c(Br)c(OC)cc(OC)c2c(O)c1OC. The first-order valence-corrected chi connectivity index (χ1v) is 7.01. The van der Waals surface area contributed by atoms with Crippen molar-refractivity contribution in [2.24, 2.45) is 0 Å². The van der Waals surface area contributed by atoms with E-state index in [0.717, 1.165) is 0 Å². The number of hydrogen-bond acceptors (Lipinski definition) is 6. The highest BCUT2D eigenvalue weighted by molar-refractivity contribution is 9.10. The van der Waals surface area contributed by atoms with Crippen LogP contribution in [-0.2, 0) is 4.74 Å². The first-order chi connectivity index (χ1) is 10.5. The van der Waals surface area contributed by atoms with Gasteiger partial charge >= 0.3 is 5.97 Å². The zero-order valence-electron chi connectivity index (χ0n) is 12.5. The topological polar surface area (TPSA) is 74.2 Å². The van der Waals surface area contributed by atoms with Crippen LogP contribution in [0.25, 0.3) is 10.8 Å². The molecule has 0 spiro atoms. The summed E-state index contributed by atoms with van der Waals surface area (Å²) < 4.78 is 21.0. The minimum atomic E-state index is -0.622. The predicted octanol–water partition coefficient (Wildman–Crippen LogP) is 3.12. The van der Waals surface area contributed by atoms with Gasteiger partial charge in [-0.25, -0.2) is 4.79 Å². The molecule has 0 bridgehead atoms. The van der Waals surface area contributed by atoms with Crippen molar-refractivity contribution in [2.45, 2.75) is 0 Å². The van der Waals surface area contributed by atoms with E-state index in [9.17, 15) is 9.90 Å². The summed E-state index contributed by atoms with van der Waals surface area (Å²) in [5.74, 6) is 0.0880. The maximum Gasteiger partial charge on any atom is 0.341 e. The number of carbonyl (C=O) groups excluding carboxylic acids is 1. The average Bonchev–Trinajstić information content (AvgIpc) is 2.54.